The Morgan fingerprint density at radius 1 is 1.18 bits per heavy atom. The zero-order valence-corrected chi connectivity index (χ0v) is 17.1. The summed E-state index contributed by atoms with van der Waals surface area (Å²) in [5.41, 5.74) is 4.02. The van der Waals surface area contributed by atoms with Gasteiger partial charge in [0.1, 0.15) is 0 Å². The fourth-order valence-electron chi connectivity index (χ4n) is 2.77. The van der Waals surface area contributed by atoms with E-state index in [0.29, 0.717) is 21.1 Å². The zero-order chi connectivity index (χ0) is 19.5. The summed E-state index contributed by atoms with van der Waals surface area (Å²) in [6.07, 6.45) is 0. The summed E-state index contributed by atoms with van der Waals surface area (Å²) in [6, 6.07) is 16.0. The van der Waals surface area contributed by atoms with E-state index in [-0.39, 0.29) is 5.91 Å². The predicted octanol–water partition coefficient (Wildman–Crippen LogP) is 3.05. The van der Waals surface area contributed by atoms with Crippen molar-refractivity contribution in [2.24, 2.45) is 4.99 Å². The molecule has 0 unspecified atom stereocenters. The van der Waals surface area contributed by atoms with Gasteiger partial charge in [0.05, 0.1) is 6.54 Å². The van der Waals surface area contributed by atoms with Crippen molar-refractivity contribution in [3.63, 3.8) is 0 Å². The van der Waals surface area contributed by atoms with Gasteiger partial charge in [-0.25, -0.2) is 4.68 Å². The number of nitrogens with zero attached hydrogens (tertiary/aromatic N) is 6. The second-order valence-corrected chi connectivity index (χ2v) is 8.14. The summed E-state index contributed by atoms with van der Waals surface area (Å²) in [7, 11) is 0. The van der Waals surface area contributed by atoms with Gasteiger partial charge in [-0.05, 0) is 37.8 Å². The van der Waals surface area contributed by atoms with Crippen LogP contribution in [0.4, 0.5) is 0 Å². The predicted molar refractivity (Wildman–Crippen MR) is 108 cm³/mol. The second-order valence-electron chi connectivity index (χ2n) is 5.90. The largest absolute Gasteiger partial charge is 0.273 e. The summed E-state index contributed by atoms with van der Waals surface area (Å²) in [6.45, 7) is 1.94. The summed E-state index contributed by atoms with van der Waals surface area (Å²) in [4.78, 5) is 15.9. The number of aromatic amines is 1. The van der Waals surface area contributed by atoms with Crippen molar-refractivity contribution in [2.75, 3.05) is 0 Å². The maximum atomic E-state index is 11.3. The molecule has 140 valence electrons. The maximum absolute atomic E-state index is 11.3. The molecule has 0 bridgehead atoms. The van der Waals surface area contributed by atoms with Crippen LogP contribution in [-0.2, 0) is 11.3 Å². The molecular formula is C18H14BrN7OS. The van der Waals surface area contributed by atoms with Gasteiger partial charge in [0.2, 0.25) is 16.5 Å². The third-order valence-corrected chi connectivity index (χ3v) is 5.34. The molecule has 4 aromatic rings. The van der Waals surface area contributed by atoms with E-state index in [4.69, 9.17) is 0 Å². The zero-order valence-electron chi connectivity index (χ0n) is 14.7. The van der Waals surface area contributed by atoms with Gasteiger partial charge in [0, 0.05) is 12.5 Å². The minimum absolute atomic E-state index is 0.252. The highest BCUT2D eigenvalue weighted by atomic mass is 79.9. The number of H-pyrrole nitrogens is 1. The third-order valence-electron chi connectivity index (χ3n) is 3.96. The summed E-state index contributed by atoms with van der Waals surface area (Å²) >= 11 is 4.67. The molecule has 2 aromatic carbocycles. The van der Waals surface area contributed by atoms with Gasteiger partial charge >= 0.3 is 0 Å². The number of hydrogen-bond donors (Lipinski definition) is 1. The Bertz CT molecular complexity index is 1180. The van der Waals surface area contributed by atoms with Gasteiger partial charge in [-0.15, -0.1) is 10.2 Å². The van der Waals surface area contributed by atoms with Gasteiger partial charge in [-0.2, -0.15) is 15.3 Å². The molecule has 0 atom stereocenters. The van der Waals surface area contributed by atoms with Gasteiger partial charge in [0.25, 0.3) is 0 Å². The molecule has 0 saturated carbocycles. The van der Waals surface area contributed by atoms with Crippen molar-refractivity contribution >= 4 is 33.2 Å². The average molecular weight is 456 g/mol. The van der Waals surface area contributed by atoms with E-state index in [0.717, 1.165) is 22.3 Å². The van der Waals surface area contributed by atoms with Crippen molar-refractivity contribution in [2.45, 2.75) is 13.5 Å². The van der Waals surface area contributed by atoms with Crippen LogP contribution in [0.25, 0.3) is 22.5 Å². The fraction of sp³-hybridized carbons (Fsp3) is 0.111. The molecule has 0 spiro atoms. The van der Waals surface area contributed by atoms with Crippen molar-refractivity contribution < 1.29 is 4.79 Å². The van der Waals surface area contributed by atoms with Crippen molar-refractivity contribution in [1.82, 2.24) is 30.4 Å². The lowest BCUT2D eigenvalue weighted by Gasteiger charge is -2.08. The molecule has 4 rings (SSSR count). The molecule has 0 radical (unpaired) electrons. The van der Waals surface area contributed by atoms with Crippen molar-refractivity contribution in [3.8, 4) is 22.5 Å². The van der Waals surface area contributed by atoms with E-state index in [1.54, 1.807) is 4.68 Å². The molecule has 0 fully saturated rings. The van der Waals surface area contributed by atoms with Crippen LogP contribution in [0.15, 0.2) is 57.4 Å². The van der Waals surface area contributed by atoms with Crippen LogP contribution in [0.5, 0.6) is 0 Å². The van der Waals surface area contributed by atoms with Gasteiger partial charge in [0.15, 0.2) is 3.92 Å². The lowest BCUT2D eigenvalue weighted by Crippen LogP contribution is -2.18. The third kappa shape index (κ3) is 3.97. The first kappa shape index (κ1) is 18.4. The molecule has 1 N–H and O–H groups in total. The Morgan fingerprint density at radius 2 is 1.93 bits per heavy atom. The fourth-order valence-corrected chi connectivity index (χ4v) is 4.07. The first-order valence-electron chi connectivity index (χ1n) is 8.31. The number of hydrogen-bond acceptors (Lipinski definition) is 6. The Kier molecular flexibility index (Phi) is 5.22. The summed E-state index contributed by atoms with van der Waals surface area (Å²) in [5, 5.41) is 18.7. The lowest BCUT2D eigenvalue weighted by atomic mass is 9.98. The number of aromatic nitrogens is 6. The SMILES string of the molecule is CC(=O)N=c1sc(Br)nn1Cc1ccc(-c2ccccc2-c2nn[nH]n2)cc1. The van der Waals surface area contributed by atoms with Crippen molar-refractivity contribution in [3.05, 3.63) is 62.8 Å². The molecule has 1 amide bonds. The van der Waals surface area contributed by atoms with Crippen LogP contribution in [0.2, 0.25) is 0 Å². The average Bonchev–Trinajstić information content (AvgIpc) is 3.32. The van der Waals surface area contributed by atoms with E-state index in [1.165, 1.54) is 18.3 Å². The maximum Gasteiger partial charge on any atom is 0.245 e. The Morgan fingerprint density at radius 3 is 2.61 bits per heavy atom. The molecule has 0 saturated heterocycles. The molecule has 28 heavy (non-hydrogen) atoms. The van der Waals surface area contributed by atoms with E-state index >= 15 is 0 Å². The second kappa shape index (κ2) is 7.95. The number of nitrogens with one attached hydrogen (secondary N) is 1. The Balaban J connectivity index is 1.64. The number of halogens is 1. The van der Waals surface area contributed by atoms with Gasteiger partial charge in [-0.3, -0.25) is 4.79 Å². The molecular weight excluding hydrogens is 442 g/mol. The Hall–Kier alpha value is -2.98. The Labute approximate surface area is 172 Å². The van der Waals surface area contributed by atoms with Crippen LogP contribution in [-0.4, -0.2) is 36.3 Å². The topological polar surface area (TPSA) is 102 Å². The standard InChI is InChI=1S/C18H14BrN7OS/c1-11(27)20-18-26(23-17(19)28-18)10-12-6-8-13(9-7-12)14-4-2-3-5-15(14)16-21-24-25-22-16/h2-9H,10H2,1H3,(H,21,22,24,25). The van der Waals surface area contributed by atoms with Crippen LogP contribution in [0.1, 0.15) is 12.5 Å². The number of tetrazole rings is 1. The monoisotopic (exact) mass is 455 g/mol. The van der Waals surface area contributed by atoms with Crippen LogP contribution >= 0.6 is 27.3 Å². The number of carbonyl (C=O) groups excluding carboxylic acids is 1. The van der Waals surface area contributed by atoms with Gasteiger partial charge in [-0.1, -0.05) is 59.9 Å². The first-order valence-corrected chi connectivity index (χ1v) is 9.92. The highest BCUT2D eigenvalue weighted by molar-refractivity contribution is 9.11. The van der Waals surface area contributed by atoms with Crippen molar-refractivity contribution in [1.29, 1.82) is 0 Å². The van der Waals surface area contributed by atoms with E-state index in [9.17, 15) is 4.79 Å². The van der Waals surface area contributed by atoms with E-state index < -0.39 is 0 Å². The summed E-state index contributed by atoms with van der Waals surface area (Å²) in [5.74, 6) is 0.302. The molecule has 8 nitrogen and oxygen atoms in total. The molecule has 2 heterocycles. The molecule has 10 heteroatoms. The number of benzene rings is 2. The first-order chi connectivity index (χ1) is 13.6. The minimum Gasteiger partial charge on any atom is -0.273 e. The highest BCUT2D eigenvalue weighted by Crippen LogP contribution is 2.29. The molecule has 0 aliphatic rings. The van der Waals surface area contributed by atoms with E-state index in [2.05, 4.69) is 46.6 Å². The minimum atomic E-state index is -0.252. The lowest BCUT2D eigenvalue weighted by molar-refractivity contribution is -0.116. The quantitative estimate of drug-likeness (QED) is 0.509. The van der Waals surface area contributed by atoms with Crippen LogP contribution in [0.3, 0.4) is 0 Å². The molecule has 0 aliphatic heterocycles. The normalized spacial score (nSPS) is 11.7. The number of amides is 1. The number of rotatable bonds is 4. The smallest absolute Gasteiger partial charge is 0.245 e. The highest BCUT2D eigenvalue weighted by Gasteiger charge is 2.11. The molecule has 0 aliphatic carbocycles. The summed E-state index contributed by atoms with van der Waals surface area (Å²) < 4.78 is 2.39. The van der Waals surface area contributed by atoms with Gasteiger partial charge < -0.3 is 0 Å². The van der Waals surface area contributed by atoms with Crippen LogP contribution < -0.4 is 4.80 Å². The molecule has 2 aromatic heterocycles. The van der Waals surface area contributed by atoms with Crippen LogP contribution in [0, 0.1) is 0 Å². The van der Waals surface area contributed by atoms with E-state index in [1.807, 2.05) is 48.5 Å². The number of carbonyl (C=O) groups is 1.